The zero-order chi connectivity index (χ0) is 21.3. The fourth-order valence-corrected chi connectivity index (χ4v) is 3.77. The molecule has 5 nitrogen and oxygen atoms in total. The summed E-state index contributed by atoms with van der Waals surface area (Å²) in [4.78, 5) is 0. The van der Waals surface area contributed by atoms with Crippen LogP contribution in [0.1, 0.15) is 60.5 Å². The zero-order valence-corrected chi connectivity index (χ0v) is 19.8. The summed E-state index contributed by atoms with van der Waals surface area (Å²) < 4.78 is 33.8. The number of nitrogens with one attached hydrogen (secondary N) is 1. The quantitative estimate of drug-likeness (QED) is 0.512. The smallest absolute Gasteiger partial charge is 0.480 e. The number of aryl methyl sites for hydroxylation is 1. The minimum absolute atomic E-state index is 0.270. The molecular weight excluding hydrogens is 397 g/mol. The van der Waals surface area contributed by atoms with Crippen molar-refractivity contribution in [2.45, 2.75) is 83.7 Å². The summed E-state index contributed by atoms with van der Waals surface area (Å²) >= 11 is 4.76. The molecule has 0 amide bonds. The third kappa shape index (κ3) is 5.80. The minimum atomic E-state index is -1.25. The third-order valence-corrected chi connectivity index (χ3v) is 7.10. The largest absolute Gasteiger partial charge is 0.598 e. The first-order valence-electron chi connectivity index (χ1n) is 9.65. The van der Waals surface area contributed by atoms with Crippen LogP contribution < -0.4 is 9.46 Å². The zero-order valence-electron chi connectivity index (χ0n) is 18.2. The molecule has 2 rings (SSSR count). The Bertz CT molecular complexity index is 665. The van der Waals surface area contributed by atoms with Gasteiger partial charge in [0.05, 0.1) is 23.8 Å². The first-order valence-corrected chi connectivity index (χ1v) is 11.2. The summed E-state index contributed by atoms with van der Waals surface area (Å²) in [6, 6.07) is 5.54. The average molecular weight is 430 g/mol. The van der Waals surface area contributed by atoms with Crippen LogP contribution in [0.4, 0.5) is 0 Å². The fourth-order valence-electron chi connectivity index (χ4n) is 2.69. The van der Waals surface area contributed by atoms with Gasteiger partial charge < -0.3 is 18.6 Å². The van der Waals surface area contributed by atoms with Crippen LogP contribution in [0.3, 0.4) is 0 Å². The van der Waals surface area contributed by atoms with E-state index in [9.17, 15) is 4.55 Å². The molecular formula is C20H33BClNO4S. The molecule has 158 valence electrons. The first kappa shape index (κ1) is 23.8. The van der Waals surface area contributed by atoms with Crippen LogP contribution in [0.5, 0.6) is 5.75 Å². The van der Waals surface area contributed by atoms with Crippen molar-refractivity contribution in [3.8, 4) is 5.75 Å². The van der Waals surface area contributed by atoms with E-state index in [2.05, 4.69) is 4.72 Å². The van der Waals surface area contributed by atoms with Crippen molar-refractivity contribution >= 4 is 30.1 Å². The van der Waals surface area contributed by atoms with E-state index in [0.717, 1.165) is 11.3 Å². The number of hydrogen-bond acceptors (Lipinski definition) is 5. The lowest BCUT2D eigenvalue weighted by Gasteiger charge is -2.32. The van der Waals surface area contributed by atoms with Gasteiger partial charge in [0.15, 0.2) is 0 Å². The summed E-state index contributed by atoms with van der Waals surface area (Å²) in [7, 11) is -0.508. The molecule has 0 bridgehead atoms. The van der Waals surface area contributed by atoms with E-state index in [0.29, 0.717) is 18.1 Å². The minimum Gasteiger partial charge on any atom is -0.598 e. The second-order valence-electron chi connectivity index (χ2n) is 9.28. The highest BCUT2D eigenvalue weighted by molar-refractivity contribution is 7.90. The molecule has 28 heavy (non-hydrogen) atoms. The molecule has 1 N–H and O–H groups in total. The van der Waals surface area contributed by atoms with E-state index in [4.69, 9.17) is 25.6 Å². The Balaban J connectivity index is 2.08. The highest BCUT2D eigenvalue weighted by Crippen LogP contribution is 2.38. The van der Waals surface area contributed by atoms with E-state index in [1.807, 2.05) is 73.6 Å². The topological polar surface area (TPSA) is 62.8 Å². The van der Waals surface area contributed by atoms with Crippen LogP contribution >= 0.6 is 11.6 Å². The van der Waals surface area contributed by atoms with Gasteiger partial charge in [0.1, 0.15) is 10.5 Å². The van der Waals surface area contributed by atoms with Crippen molar-refractivity contribution < 1.29 is 18.6 Å². The molecule has 1 fully saturated rings. The van der Waals surface area contributed by atoms with E-state index in [1.54, 1.807) is 0 Å². The highest BCUT2D eigenvalue weighted by Gasteiger charge is 2.55. The fraction of sp³-hybridized carbons (Fsp3) is 0.700. The molecule has 1 saturated heterocycles. The van der Waals surface area contributed by atoms with Crippen LogP contribution in [-0.4, -0.2) is 40.2 Å². The summed E-state index contributed by atoms with van der Waals surface area (Å²) in [6.45, 7) is 16.2. The molecule has 0 saturated carbocycles. The number of ether oxygens (including phenoxy) is 1. The molecule has 0 aromatic heterocycles. The monoisotopic (exact) mass is 429 g/mol. The van der Waals surface area contributed by atoms with Gasteiger partial charge in [0.2, 0.25) is 0 Å². The highest BCUT2D eigenvalue weighted by atomic mass is 35.5. The molecule has 0 aliphatic carbocycles. The number of benzene rings is 1. The van der Waals surface area contributed by atoms with Crippen molar-refractivity contribution in [1.29, 1.82) is 0 Å². The lowest BCUT2D eigenvalue weighted by molar-refractivity contribution is 0.00578. The predicted molar refractivity (Wildman–Crippen MR) is 117 cm³/mol. The molecule has 1 heterocycles. The standard InChI is InChI=1S/C20H33BClNO4S/c1-14-13-15(22)9-10-16(14)25-12-11-17(23-28(24)18(2,3)4)21-26-19(5,6)20(7,8)27-21/h9-10,13,17,23H,11-12H2,1-8H3/t17-,28?/m1/s1. The number of hydrogen-bond donors (Lipinski definition) is 1. The van der Waals surface area contributed by atoms with Gasteiger partial charge in [-0.3, -0.25) is 0 Å². The summed E-state index contributed by atoms with van der Waals surface area (Å²) in [6.07, 6.45) is 0.584. The van der Waals surface area contributed by atoms with Crippen LogP contribution in [0, 0.1) is 6.92 Å². The molecule has 1 aromatic carbocycles. The normalized spacial score (nSPS) is 20.9. The Morgan fingerprint density at radius 1 is 1.21 bits per heavy atom. The summed E-state index contributed by atoms with van der Waals surface area (Å²) in [5.74, 6) is 0.516. The van der Waals surface area contributed by atoms with E-state index in [1.165, 1.54) is 0 Å². The summed E-state index contributed by atoms with van der Waals surface area (Å²) in [5.41, 5.74) is 0.0778. The van der Waals surface area contributed by atoms with Crippen molar-refractivity contribution in [3.05, 3.63) is 28.8 Å². The van der Waals surface area contributed by atoms with Gasteiger partial charge in [0.25, 0.3) is 0 Å². The van der Waals surface area contributed by atoms with Crippen LogP contribution in [-0.2, 0) is 20.7 Å². The number of rotatable bonds is 7. The second-order valence-corrected chi connectivity index (χ2v) is 11.7. The Labute approximate surface area is 178 Å². The van der Waals surface area contributed by atoms with Crippen LogP contribution in [0.2, 0.25) is 5.02 Å². The van der Waals surface area contributed by atoms with E-state index in [-0.39, 0.29) is 5.94 Å². The van der Waals surface area contributed by atoms with E-state index >= 15 is 0 Å². The molecule has 2 atom stereocenters. The lowest BCUT2D eigenvalue weighted by Crippen LogP contribution is -2.52. The van der Waals surface area contributed by atoms with Gasteiger partial charge in [-0.25, -0.2) is 0 Å². The van der Waals surface area contributed by atoms with E-state index < -0.39 is 34.4 Å². The average Bonchev–Trinajstić information content (AvgIpc) is 2.75. The Morgan fingerprint density at radius 3 is 2.29 bits per heavy atom. The van der Waals surface area contributed by atoms with Crippen LogP contribution in [0.25, 0.3) is 0 Å². The molecule has 8 heteroatoms. The second kappa shape index (κ2) is 8.74. The molecule has 1 aliphatic rings. The summed E-state index contributed by atoms with van der Waals surface area (Å²) in [5, 5.41) is 0.683. The Kier molecular flexibility index (Phi) is 7.44. The molecule has 1 aliphatic heterocycles. The first-order chi connectivity index (χ1) is 12.7. The third-order valence-electron chi connectivity index (χ3n) is 5.24. The van der Waals surface area contributed by atoms with Gasteiger partial charge in [0, 0.05) is 16.4 Å². The van der Waals surface area contributed by atoms with Crippen molar-refractivity contribution in [3.63, 3.8) is 0 Å². The van der Waals surface area contributed by atoms with Gasteiger partial charge in [-0.1, -0.05) is 11.6 Å². The maximum absolute atomic E-state index is 12.7. The van der Waals surface area contributed by atoms with Gasteiger partial charge in [-0.05, 0) is 85.6 Å². The molecule has 0 spiro atoms. The molecule has 0 radical (unpaired) electrons. The Morgan fingerprint density at radius 2 is 1.79 bits per heavy atom. The maximum Gasteiger partial charge on any atom is 0.480 e. The maximum atomic E-state index is 12.7. The van der Waals surface area contributed by atoms with Crippen molar-refractivity contribution in [2.24, 2.45) is 0 Å². The predicted octanol–water partition coefficient (Wildman–Crippen LogP) is 4.47. The van der Waals surface area contributed by atoms with Crippen LogP contribution in [0.15, 0.2) is 18.2 Å². The lowest BCUT2D eigenvalue weighted by atomic mass is 9.77. The van der Waals surface area contributed by atoms with Crippen molar-refractivity contribution in [2.75, 3.05) is 6.61 Å². The SMILES string of the molecule is Cc1cc(Cl)ccc1OCC[C@@H](N[S+]([O-])C(C)(C)C)B1OC(C)(C)C(C)(C)O1. The van der Waals surface area contributed by atoms with Gasteiger partial charge >= 0.3 is 7.12 Å². The Hall–Kier alpha value is -0.435. The van der Waals surface area contributed by atoms with Gasteiger partial charge in [-0.15, -0.1) is 4.72 Å². The van der Waals surface area contributed by atoms with Gasteiger partial charge in [-0.2, -0.15) is 0 Å². The molecule has 1 unspecified atom stereocenters. The van der Waals surface area contributed by atoms with Crippen molar-refractivity contribution in [1.82, 2.24) is 4.72 Å². The number of halogens is 1. The molecule has 1 aromatic rings.